The molecule has 0 aliphatic carbocycles. The van der Waals surface area contributed by atoms with Crippen LogP contribution in [0.25, 0.3) is 0 Å². The van der Waals surface area contributed by atoms with Gasteiger partial charge in [0, 0.05) is 5.56 Å². The number of nitrogens with two attached hydrogens (primary N) is 1. The molecule has 22 heavy (non-hydrogen) atoms. The van der Waals surface area contributed by atoms with Gasteiger partial charge in [0.1, 0.15) is 0 Å². The molecule has 2 aromatic rings. The fourth-order valence-electron chi connectivity index (χ4n) is 1.85. The van der Waals surface area contributed by atoms with Crippen LogP contribution in [0, 0.1) is 6.92 Å². The van der Waals surface area contributed by atoms with E-state index < -0.39 is 15.9 Å². The van der Waals surface area contributed by atoms with Gasteiger partial charge in [0.25, 0.3) is 5.91 Å². The summed E-state index contributed by atoms with van der Waals surface area (Å²) < 4.78 is 22.9. The molecule has 2 aromatic carbocycles. The summed E-state index contributed by atoms with van der Waals surface area (Å²) in [5.41, 5.74) is 0.983. The molecule has 0 radical (unpaired) electrons. The lowest BCUT2D eigenvalue weighted by molar-refractivity contribution is 0.102. The first-order valence-corrected chi connectivity index (χ1v) is 8.38. The van der Waals surface area contributed by atoms with Gasteiger partial charge in [-0.2, -0.15) is 0 Å². The van der Waals surface area contributed by atoms with Gasteiger partial charge in [-0.15, -0.1) is 0 Å². The van der Waals surface area contributed by atoms with Crippen molar-refractivity contribution in [2.45, 2.75) is 11.8 Å². The van der Waals surface area contributed by atoms with E-state index in [0.717, 1.165) is 0 Å². The molecule has 3 N–H and O–H groups in total. The van der Waals surface area contributed by atoms with Crippen LogP contribution in [0.15, 0.2) is 41.3 Å². The fourth-order valence-corrected chi connectivity index (χ4v) is 2.98. The predicted molar refractivity (Wildman–Crippen MR) is 87.0 cm³/mol. The van der Waals surface area contributed by atoms with Crippen molar-refractivity contribution in [1.82, 2.24) is 0 Å². The van der Waals surface area contributed by atoms with Crippen molar-refractivity contribution in [3.8, 4) is 0 Å². The van der Waals surface area contributed by atoms with Gasteiger partial charge in [-0.05, 0) is 42.8 Å². The van der Waals surface area contributed by atoms with Crippen LogP contribution in [-0.4, -0.2) is 14.3 Å². The summed E-state index contributed by atoms with van der Waals surface area (Å²) in [6, 6.07) is 8.92. The van der Waals surface area contributed by atoms with Crippen LogP contribution < -0.4 is 10.5 Å². The third-order valence-electron chi connectivity index (χ3n) is 2.84. The highest BCUT2D eigenvalue weighted by Gasteiger charge is 2.15. The Kier molecular flexibility index (Phi) is 4.77. The molecule has 0 fully saturated rings. The van der Waals surface area contributed by atoms with Gasteiger partial charge in [0.15, 0.2) is 0 Å². The van der Waals surface area contributed by atoms with Crippen molar-refractivity contribution in [2.24, 2.45) is 5.14 Å². The van der Waals surface area contributed by atoms with Crippen LogP contribution in [0.4, 0.5) is 5.69 Å². The van der Waals surface area contributed by atoms with E-state index in [1.54, 1.807) is 25.1 Å². The Morgan fingerprint density at radius 2 is 1.73 bits per heavy atom. The van der Waals surface area contributed by atoms with Crippen molar-refractivity contribution < 1.29 is 13.2 Å². The van der Waals surface area contributed by atoms with Gasteiger partial charge in [0.05, 0.1) is 20.6 Å². The SMILES string of the molecule is Cc1cc(C(=O)Nc2c(Cl)cccc2Cl)cc(S(N)(=O)=O)c1. The molecule has 0 heterocycles. The minimum atomic E-state index is -3.90. The highest BCUT2D eigenvalue weighted by atomic mass is 35.5. The second kappa shape index (κ2) is 6.26. The zero-order valence-electron chi connectivity index (χ0n) is 11.4. The van der Waals surface area contributed by atoms with E-state index in [4.69, 9.17) is 28.3 Å². The number of primary sulfonamides is 1. The molecule has 0 unspecified atom stereocenters. The molecule has 0 bridgehead atoms. The Balaban J connectivity index is 2.41. The summed E-state index contributed by atoms with van der Waals surface area (Å²) in [4.78, 5) is 12.1. The number of sulfonamides is 1. The van der Waals surface area contributed by atoms with Crippen LogP contribution in [0.2, 0.25) is 10.0 Å². The van der Waals surface area contributed by atoms with E-state index in [9.17, 15) is 13.2 Å². The summed E-state index contributed by atoms with van der Waals surface area (Å²) in [6.45, 7) is 1.66. The third-order valence-corrected chi connectivity index (χ3v) is 4.37. The molecule has 2 rings (SSSR count). The third kappa shape index (κ3) is 3.78. The van der Waals surface area contributed by atoms with Gasteiger partial charge < -0.3 is 5.32 Å². The van der Waals surface area contributed by atoms with Crippen molar-refractivity contribution in [2.75, 3.05) is 5.32 Å². The van der Waals surface area contributed by atoms with E-state index in [2.05, 4.69) is 5.32 Å². The Labute approximate surface area is 138 Å². The number of rotatable bonds is 3. The standard InChI is InChI=1S/C14H12Cl2N2O3S/c1-8-5-9(7-10(6-8)22(17,20)21)14(19)18-13-11(15)3-2-4-12(13)16/h2-7H,1H3,(H,18,19)(H2,17,20,21). The van der Waals surface area contributed by atoms with Crippen molar-refractivity contribution in [3.05, 3.63) is 57.6 Å². The van der Waals surface area contributed by atoms with Gasteiger partial charge >= 0.3 is 0 Å². The number of nitrogens with one attached hydrogen (secondary N) is 1. The molecule has 0 saturated carbocycles. The number of aryl methyl sites for hydroxylation is 1. The van der Waals surface area contributed by atoms with Gasteiger partial charge in [0.2, 0.25) is 10.0 Å². The zero-order valence-corrected chi connectivity index (χ0v) is 13.8. The lowest BCUT2D eigenvalue weighted by Gasteiger charge is -2.10. The summed E-state index contributed by atoms with van der Waals surface area (Å²) in [5, 5.41) is 8.21. The molecule has 0 aromatic heterocycles. The first-order chi connectivity index (χ1) is 10.2. The molecule has 0 spiro atoms. The predicted octanol–water partition coefficient (Wildman–Crippen LogP) is 3.20. The highest BCUT2D eigenvalue weighted by Crippen LogP contribution is 2.30. The lowest BCUT2D eigenvalue weighted by atomic mass is 10.1. The average molecular weight is 359 g/mol. The number of carbonyl (C=O) groups excluding carboxylic acids is 1. The monoisotopic (exact) mass is 358 g/mol. The van der Waals surface area contributed by atoms with Gasteiger partial charge in [-0.1, -0.05) is 29.3 Å². The maximum atomic E-state index is 12.3. The second-order valence-corrected chi connectivity index (χ2v) is 7.01. The van der Waals surface area contributed by atoms with Crippen LogP contribution in [-0.2, 0) is 10.0 Å². The molecular formula is C14H12Cl2N2O3S. The number of amides is 1. The number of carbonyl (C=O) groups is 1. The topological polar surface area (TPSA) is 89.3 Å². The largest absolute Gasteiger partial charge is 0.319 e. The van der Waals surface area contributed by atoms with Crippen LogP contribution in [0.1, 0.15) is 15.9 Å². The molecule has 0 atom stereocenters. The first-order valence-electron chi connectivity index (χ1n) is 6.08. The first kappa shape index (κ1) is 16.8. The van der Waals surface area contributed by atoms with Crippen molar-refractivity contribution in [3.63, 3.8) is 0 Å². The Hall–Kier alpha value is -1.60. The molecule has 8 heteroatoms. The minimum Gasteiger partial charge on any atom is -0.319 e. The Bertz CT molecular complexity index is 831. The van der Waals surface area contributed by atoms with E-state index in [-0.39, 0.29) is 26.2 Å². The average Bonchev–Trinajstić information content (AvgIpc) is 2.41. The van der Waals surface area contributed by atoms with Crippen molar-refractivity contribution in [1.29, 1.82) is 0 Å². The summed E-state index contributed by atoms with van der Waals surface area (Å²) in [5.74, 6) is -0.538. The number of hydrogen-bond acceptors (Lipinski definition) is 3. The van der Waals surface area contributed by atoms with E-state index >= 15 is 0 Å². The fraction of sp³-hybridized carbons (Fsp3) is 0.0714. The van der Waals surface area contributed by atoms with Crippen LogP contribution in [0.3, 0.4) is 0 Å². The summed E-state index contributed by atoms with van der Waals surface area (Å²) in [6.07, 6.45) is 0. The minimum absolute atomic E-state index is 0.136. The Morgan fingerprint density at radius 1 is 1.14 bits per heavy atom. The second-order valence-electron chi connectivity index (χ2n) is 4.63. The molecule has 0 saturated heterocycles. The molecule has 0 aliphatic heterocycles. The van der Waals surface area contributed by atoms with Crippen LogP contribution in [0.5, 0.6) is 0 Å². The number of halogens is 2. The van der Waals surface area contributed by atoms with E-state index in [1.165, 1.54) is 18.2 Å². The van der Waals surface area contributed by atoms with E-state index in [1.807, 2.05) is 0 Å². The number of para-hydroxylation sites is 1. The molecule has 1 amide bonds. The molecular weight excluding hydrogens is 347 g/mol. The van der Waals surface area contributed by atoms with Gasteiger partial charge in [-0.25, -0.2) is 13.6 Å². The normalized spacial score (nSPS) is 11.3. The highest BCUT2D eigenvalue weighted by molar-refractivity contribution is 7.89. The maximum Gasteiger partial charge on any atom is 0.255 e. The van der Waals surface area contributed by atoms with Crippen molar-refractivity contribution >= 4 is 44.8 Å². The summed E-state index contributed by atoms with van der Waals surface area (Å²) >= 11 is 12.0. The summed E-state index contributed by atoms with van der Waals surface area (Å²) in [7, 11) is -3.90. The maximum absolute atomic E-state index is 12.3. The number of hydrogen-bond donors (Lipinski definition) is 2. The molecule has 116 valence electrons. The molecule has 5 nitrogen and oxygen atoms in total. The number of anilines is 1. The lowest BCUT2D eigenvalue weighted by Crippen LogP contribution is -2.16. The smallest absolute Gasteiger partial charge is 0.255 e. The number of benzene rings is 2. The quantitative estimate of drug-likeness (QED) is 0.882. The van der Waals surface area contributed by atoms with Gasteiger partial charge in [-0.3, -0.25) is 4.79 Å². The van der Waals surface area contributed by atoms with E-state index in [0.29, 0.717) is 5.56 Å². The molecule has 0 aliphatic rings. The zero-order chi connectivity index (χ0) is 16.5. The Morgan fingerprint density at radius 3 is 2.27 bits per heavy atom. The van der Waals surface area contributed by atoms with Crippen LogP contribution >= 0.6 is 23.2 Å².